The molecule has 0 aromatic heterocycles. The van der Waals surface area contributed by atoms with E-state index in [1.807, 2.05) is 87.5 Å². The average molecular weight is 296 g/mol. The number of rotatable bonds is 4. The van der Waals surface area contributed by atoms with Gasteiger partial charge in [0, 0.05) is 0 Å². The van der Waals surface area contributed by atoms with Gasteiger partial charge < -0.3 is 9.84 Å². The maximum atomic E-state index is 11.3. The first-order chi connectivity index (χ1) is 10.4. The number of aliphatic hydroxyl groups is 1. The number of hydrogen-bond donors (Lipinski definition) is 1. The zero-order valence-electron chi connectivity index (χ0n) is 13.7. The smallest absolute Gasteiger partial charge is 0.118 e. The van der Waals surface area contributed by atoms with Crippen molar-refractivity contribution >= 4 is 6.08 Å². The van der Waals surface area contributed by atoms with Gasteiger partial charge in [0.05, 0.1) is 7.11 Å². The molecule has 0 aliphatic carbocycles. The summed E-state index contributed by atoms with van der Waals surface area (Å²) < 4.78 is 5.20. The van der Waals surface area contributed by atoms with Gasteiger partial charge in [-0.1, -0.05) is 69.3 Å². The molecule has 0 aliphatic heterocycles. The molecule has 0 saturated heterocycles. The zero-order valence-corrected chi connectivity index (χ0v) is 13.7. The number of methoxy groups -OCH3 is 1. The monoisotopic (exact) mass is 296 g/mol. The van der Waals surface area contributed by atoms with Crippen molar-refractivity contribution in [2.24, 2.45) is 5.41 Å². The van der Waals surface area contributed by atoms with Crippen LogP contribution in [-0.2, 0) is 5.60 Å². The van der Waals surface area contributed by atoms with E-state index < -0.39 is 5.60 Å². The van der Waals surface area contributed by atoms with Gasteiger partial charge >= 0.3 is 0 Å². The third-order valence-corrected chi connectivity index (χ3v) is 3.99. The minimum atomic E-state index is -1.06. The third kappa shape index (κ3) is 3.40. The first-order valence-corrected chi connectivity index (χ1v) is 7.48. The summed E-state index contributed by atoms with van der Waals surface area (Å²) in [4.78, 5) is 0. The normalized spacial score (nSPS) is 14.8. The van der Waals surface area contributed by atoms with Crippen molar-refractivity contribution in [3.63, 3.8) is 0 Å². The summed E-state index contributed by atoms with van der Waals surface area (Å²) in [6.45, 7) is 6.10. The molecule has 116 valence electrons. The summed E-state index contributed by atoms with van der Waals surface area (Å²) in [5, 5.41) is 11.3. The van der Waals surface area contributed by atoms with Gasteiger partial charge in [0.2, 0.25) is 0 Å². The van der Waals surface area contributed by atoms with Crippen LogP contribution in [-0.4, -0.2) is 12.2 Å². The lowest BCUT2D eigenvalue weighted by molar-refractivity contribution is -0.0178. The van der Waals surface area contributed by atoms with Gasteiger partial charge in [-0.15, -0.1) is 0 Å². The minimum absolute atomic E-state index is 0.340. The Morgan fingerprint density at radius 2 is 1.50 bits per heavy atom. The fraction of sp³-hybridized carbons (Fsp3) is 0.300. The van der Waals surface area contributed by atoms with Crippen LogP contribution in [0.3, 0.4) is 0 Å². The van der Waals surface area contributed by atoms with E-state index in [-0.39, 0.29) is 5.41 Å². The van der Waals surface area contributed by atoms with Gasteiger partial charge in [0.25, 0.3) is 0 Å². The number of ether oxygens (including phenoxy) is 1. The van der Waals surface area contributed by atoms with E-state index in [9.17, 15) is 5.11 Å². The Morgan fingerprint density at radius 1 is 0.909 bits per heavy atom. The highest BCUT2D eigenvalue weighted by Crippen LogP contribution is 2.41. The largest absolute Gasteiger partial charge is 0.497 e. The predicted molar refractivity (Wildman–Crippen MR) is 91.8 cm³/mol. The van der Waals surface area contributed by atoms with Crippen molar-refractivity contribution < 1.29 is 9.84 Å². The Hall–Kier alpha value is -2.06. The van der Waals surface area contributed by atoms with Crippen LogP contribution in [0.5, 0.6) is 5.75 Å². The van der Waals surface area contributed by atoms with E-state index in [1.54, 1.807) is 7.11 Å². The number of benzene rings is 2. The van der Waals surface area contributed by atoms with Crippen molar-refractivity contribution in [1.29, 1.82) is 0 Å². The Kier molecular flexibility index (Phi) is 4.72. The fourth-order valence-corrected chi connectivity index (χ4v) is 2.41. The van der Waals surface area contributed by atoms with E-state index >= 15 is 0 Å². The molecule has 2 nitrogen and oxygen atoms in total. The van der Waals surface area contributed by atoms with E-state index in [0.29, 0.717) is 0 Å². The summed E-state index contributed by atoms with van der Waals surface area (Å²) >= 11 is 0. The Balaban J connectivity index is 2.41. The molecule has 0 radical (unpaired) electrons. The molecule has 1 unspecified atom stereocenters. The van der Waals surface area contributed by atoms with E-state index in [0.717, 1.165) is 16.9 Å². The Morgan fingerprint density at radius 3 is 2.00 bits per heavy atom. The predicted octanol–water partition coefficient (Wildman–Crippen LogP) is 4.64. The molecule has 22 heavy (non-hydrogen) atoms. The van der Waals surface area contributed by atoms with Crippen LogP contribution in [0.4, 0.5) is 0 Å². The summed E-state index contributed by atoms with van der Waals surface area (Å²) in [5.74, 6) is 0.784. The van der Waals surface area contributed by atoms with Crippen molar-refractivity contribution in [1.82, 2.24) is 0 Å². The van der Waals surface area contributed by atoms with Gasteiger partial charge in [-0.25, -0.2) is 0 Å². The summed E-state index contributed by atoms with van der Waals surface area (Å²) in [7, 11) is 1.64. The highest BCUT2D eigenvalue weighted by molar-refractivity contribution is 5.52. The summed E-state index contributed by atoms with van der Waals surface area (Å²) in [5.41, 5.74) is 0.522. The van der Waals surface area contributed by atoms with Gasteiger partial charge in [0.15, 0.2) is 0 Å². The van der Waals surface area contributed by atoms with Gasteiger partial charge in [-0.05, 0) is 34.8 Å². The van der Waals surface area contributed by atoms with Crippen LogP contribution < -0.4 is 4.74 Å². The van der Waals surface area contributed by atoms with Crippen LogP contribution in [0.15, 0.2) is 60.7 Å². The second kappa shape index (κ2) is 6.37. The highest BCUT2D eigenvalue weighted by atomic mass is 16.5. The number of hydrogen-bond acceptors (Lipinski definition) is 2. The van der Waals surface area contributed by atoms with Gasteiger partial charge in [0.1, 0.15) is 11.4 Å². The van der Waals surface area contributed by atoms with Gasteiger partial charge in [-0.3, -0.25) is 0 Å². The van der Waals surface area contributed by atoms with E-state index in [1.165, 1.54) is 0 Å². The molecular formula is C20H24O2. The maximum Gasteiger partial charge on any atom is 0.118 e. The van der Waals surface area contributed by atoms with Crippen LogP contribution >= 0.6 is 0 Å². The molecule has 2 rings (SSSR count). The molecule has 0 amide bonds. The molecule has 0 bridgehead atoms. The topological polar surface area (TPSA) is 29.5 Å². The fourth-order valence-electron chi connectivity index (χ4n) is 2.41. The van der Waals surface area contributed by atoms with Crippen LogP contribution in [0, 0.1) is 5.41 Å². The molecular weight excluding hydrogens is 272 g/mol. The lowest BCUT2D eigenvalue weighted by atomic mass is 9.72. The third-order valence-electron chi connectivity index (χ3n) is 3.99. The van der Waals surface area contributed by atoms with Crippen LogP contribution in [0.1, 0.15) is 31.9 Å². The first-order valence-electron chi connectivity index (χ1n) is 7.48. The van der Waals surface area contributed by atoms with E-state index in [2.05, 4.69) is 0 Å². The van der Waals surface area contributed by atoms with E-state index in [4.69, 9.17) is 4.74 Å². The summed E-state index contributed by atoms with van der Waals surface area (Å²) in [6.07, 6.45) is 3.85. The maximum absolute atomic E-state index is 11.3. The molecule has 2 aromatic rings. The molecule has 0 heterocycles. The zero-order chi connectivity index (χ0) is 16.2. The lowest BCUT2D eigenvalue weighted by Crippen LogP contribution is -2.38. The molecule has 0 saturated carbocycles. The lowest BCUT2D eigenvalue weighted by Gasteiger charge is -2.38. The Bertz CT molecular complexity index is 621. The van der Waals surface area contributed by atoms with Crippen molar-refractivity contribution in [3.05, 3.63) is 71.8 Å². The van der Waals surface area contributed by atoms with Crippen molar-refractivity contribution in [2.45, 2.75) is 26.4 Å². The molecule has 0 aliphatic rings. The highest BCUT2D eigenvalue weighted by Gasteiger charge is 2.39. The van der Waals surface area contributed by atoms with Gasteiger partial charge in [-0.2, -0.15) is 0 Å². The van der Waals surface area contributed by atoms with Crippen LogP contribution in [0.25, 0.3) is 6.08 Å². The van der Waals surface area contributed by atoms with Crippen molar-refractivity contribution in [3.8, 4) is 5.75 Å². The molecule has 1 N–H and O–H groups in total. The molecule has 1 atom stereocenters. The SMILES string of the molecule is COc1ccc(C(O)(/C=C/c2ccccc2)C(C)(C)C)cc1. The summed E-state index contributed by atoms with van der Waals surface area (Å²) in [6, 6.07) is 17.6. The molecule has 0 fully saturated rings. The second-order valence-electron chi connectivity index (χ2n) is 6.49. The average Bonchev–Trinajstić information content (AvgIpc) is 2.52. The second-order valence-corrected chi connectivity index (χ2v) is 6.49. The quantitative estimate of drug-likeness (QED) is 0.890. The molecule has 2 aromatic carbocycles. The molecule has 2 heteroatoms. The first kappa shape index (κ1) is 16.3. The standard InChI is InChI=1S/C20H24O2/c1-19(2,3)20(21,15-14-16-8-6-5-7-9-16)17-10-12-18(22-4)13-11-17/h5-15,21H,1-4H3/b15-14+. The van der Waals surface area contributed by atoms with Crippen LogP contribution in [0.2, 0.25) is 0 Å². The minimum Gasteiger partial charge on any atom is -0.497 e. The Labute approximate surface area is 133 Å². The molecule has 0 spiro atoms. The van der Waals surface area contributed by atoms with Crippen molar-refractivity contribution in [2.75, 3.05) is 7.11 Å².